The molecule has 0 aromatic carbocycles. The molecule has 0 saturated heterocycles. The largest absolute Gasteiger partial charge is 0.372 e. The number of methoxy groups -OCH3 is 1. The van der Waals surface area contributed by atoms with Gasteiger partial charge in [0.15, 0.2) is 0 Å². The lowest BCUT2D eigenvalue weighted by atomic mass is 10.3. The van der Waals surface area contributed by atoms with Gasteiger partial charge in [-0.15, -0.1) is 0 Å². The van der Waals surface area contributed by atoms with Crippen molar-refractivity contribution in [1.82, 2.24) is 4.98 Å². The predicted molar refractivity (Wildman–Crippen MR) is 47.7 cm³/mol. The van der Waals surface area contributed by atoms with Crippen LogP contribution >= 0.6 is 0 Å². The van der Waals surface area contributed by atoms with Gasteiger partial charge in [-0.3, -0.25) is 0 Å². The number of pyridine rings is 1. The van der Waals surface area contributed by atoms with Crippen LogP contribution in [-0.4, -0.2) is 18.7 Å². The molecule has 0 aliphatic rings. The smallest absolute Gasteiger partial charge is 0.113 e. The van der Waals surface area contributed by atoms with E-state index >= 15 is 0 Å². The van der Waals surface area contributed by atoms with Crippen LogP contribution in [0.3, 0.4) is 0 Å². The average molecular weight is 161 g/mol. The first-order valence-electron chi connectivity index (χ1n) is 3.73. The van der Waals surface area contributed by atoms with Gasteiger partial charge in [0, 0.05) is 13.3 Å². The summed E-state index contributed by atoms with van der Waals surface area (Å²) in [6.45, 7) is 2.45. The molecule has 0 amide bonds. The van der Waals surface area contributed by atoms with Crippen molar-refractivity contribution in [2.75, 3.05) is 13.7 Å². The molecule has 0 saturated carbocycles. The molecule has 0 N–H and O–H groups in total. The van der Waals surface area contributed by atoms with Crippen molar-refractivity contribution in [3.8, 4) is 11.8 Å². The molecular formula is C10H11NO. The van der Waals surface area contributed by atoms with Crippen LogP contribution in [0.2, 0.25) is 0 Å². The summed E-state index contributed by atoms with van der Waals surface area (Å²) in [7, 11) is 1.62. The Labute approximate surface area is 72.6 Å². The maximum Gasteiger partial charge on any atom is 0.113 e. The Balaban J connectivity index is 2.66. The predicted octanol–water partition coefficient (Wildman–Crippen LogP) is 1.39. The Bertz CT molecular complexity index is 292. The third-order valence-electron chi connectivity index (χ3n) is 1.34. The summed E-state index contributed by atoms with van der Waals surface area (Å²) in [6.07, 6.45) is 1.80. The van der Waals surface area contributed by atoms with Gasteiger partial charge in [0.1, 0.15) is 12.3 Å². The highest BCUT2D eigenvalue weighted by atomic mass is 16.5. The first-order valence-corrected chi connectivity index (χ1v) is 3.73. The molecule has 0 fully saturated rings. The molecule has 0 aliphatic carbocycles. The van der Waals surface area contributed by atoms with Gasteiger partial charge >= 0.3 is 0 Å². The second-order valence-electron chi connectivity index (χ2n) is 2.46. The minimum Gasteiger partial charge on any atom is -0.372 e. The van der Waals surface area contributed by atoms with Crippen molar-refractivity contribution >= 4 is 0 Å². The summed E-state index contributed by atoms with van der Waals surface area (Å²) in [5.74, 6) is 5.72. The second-order valence-corrected chi connectivity index (χ2v) is 2.46. The third kappa shape index (κ3) is 2.73. The van der Waals surface area contributed by atoms with E-state index in [0.717, 1.165) is 11.3 Å². The van der Waals surface area contributed by atoms with Crippen LogP contribution in [0.15, 0.2) is 18.3 Å². The average Bonchev–Trinajstić information content (AvgIpc) is 2.09. The van der Waals surface area contributed by atoms with E-state index in [-0.39, 0.29) is 0 Å². The quantitative estimate of drug-likeness (QED) is 0.581. The van der Waals surface area contributed by atoms with E-state index in [1.165, 1.54) is 0 Å². The Kier molecular flexibility index (Phi) is 3.31. The van der Waals surface area contributed by atoms with Crippen molar-refractivity contribution in [2.45, 2.75) is 6.92 Å². The number of aromatic nitrogens is 1. The fourth-order valence-electron chi connectivity index (χ4n) is 0.741. The highest BCUT2D eigenvalue weighted by molar-refractivity contribution is 5.28. The molecule has 0 bridgehead atoms. The molecule has 2 heteroatoms. The molecule has 12 heavy (non-hydrogen) atoms. The van der Waals surface area contributed by atoms with Crippen LogP contribution in [-0.2, 0) is 4.74 Å². The van der Waals surface area contributed by atoms with Crippen LogP contribution in [0, 0.1) is 18.8 Å². The lowest BCUT2D eigenvalue weighted by Crippen LogP contribution is -1.85. The number of hydrogen-bond donors (Lipinski definition) is 0. The van der Waals surface area contributed by atoms with Crippen molar-refractivity contribution in [2.24, 2.45) is 0 Å². The first kappa shape index (κ1) is 8.76. The summed E-state index contributed by atoms with van der Waals surface area (Å²) in [5.41, 5.74) is 1.94. The molecule has 1 heterocycles. The van der Waals surface area contributed by atoms with E-state index in [4.69, 9.17) is 4.74 Å². The Morgan fingerprint density at radius 2 is 2.33 bits per heavy atom. The van der Waals surface area contributed by atoms with E-state index in [9.17, 15) is 0 Å². The first-order chi connectivity index (χ1) is 5.83. The lowest BCUT2D eigenvalue weighted by molar-refractivity contribution is 0.240. The third-order valence-corrected chi connectivity index (χ3v) is 1.34. The highest BCUT2D eigenvalue weighted by Crippen LogP contribution is 1.95. The van der Waals surface area contributed by atoms with Crippen molar-refractivity contribution in [1.29, 1.82) is 0 Å². The molecule has 0 aliphatic heterocycles. The molecule has 0 atom stereocenters. The lowest BCUT2D eigenvalue weighted by Gasteiger charge is -1.90. The maximum atomic E-state index is 4.79. The van der Waals surface area contributed by atoms with Gasteiger partial charge in [0.05, 0.1) is 0 Å². The summed E-state index contributed by atoms with van der Waals surface area (Å²) in [4.78, 5) is 4.12. The van der Waals surface area contributed by atoms with Gasteiger partial charge in [-0.25, -0.2) is 4.98 Å². The Morgan fingerprint density at radius 1 is 1.50 bits per heavy atom. The van der Waals surface area contributed by atoms with Crippen molar-refractivity contribution in [3.05, 3.63) is 29.6 Å². The van der Waals surface area contributed by atoms with Crippen LogP contribution in [0.25, 0.3) is 0 Å². The number of rotatable bonds is 1. The minimum atomic E-state index is 0.454. The van der Waals surface area contributed by atoms with Crippen LogP contribution < -0.4 is 0 Å². The molecule has 0 unspecified atom stereocenters. The molecule has 1 rings (SSSR count). The van der Waals surface area contributed by atoms with Gasteiger partial charge in [-0.1, -0.05) is 12.0 Å². The normalized spacial score (nSPS) is 8.83. The zero-order chi connectivity index (χ0) is 8.81. The monoisotopic (exact) mass is 161 g/mol. The van der Waals surface area contributed by atoms with Gasteiger partial charge in [-0.05, 0) is 24.5 Å². The SMILES string of the molecule is COCC#Cc1ccc(C)cn1. The maximum absolute atomic E-state index is 4.79. The second kappa shape index (κ2) is 4.53. The topological polar surface area (TPSA) is 22.1 Å². The van der Waals surface area contributed by atoms with E-state index in [1.54, 1.807) is 13.3 Å². The van der Waals surface area contributed by atoms with E-state index in [1.807, 2.05) is 19.1 Å². The van der Waals surface area contributed by atoms with Gasteiger partial charge in [0.25, 0.3) is 0 Å². The minimum absolute atomic E-state index is 0.454. The Morgan fingerprint density at radius 3 is 2.92 bits per heavy atom. The summed E-state index contributed by atoms with van der Waals surface area (Å²) in [6, 6.07) is 3.89. The van der Waals surface area contributed by atoms with Crippen molar-refractivity contribution in [3.63, 3.8) is 0 Å². The number of aryl methyl sites for hydroxylation is 1. The highest BCUT2D eigenvalue weighted by Gasteiger charge is 1.85. The number of nitrogens with zero attached hydrogens (tertiary/aromatic N) is 1. The molecule has 0 radical (unpaired) electrons. The van der Waals surface area contributed by atoms with E-state index in [2.05, 4.69) is 16.8 Å². The molecule has 2 nitrogen and oxygen atoms in total. The molecular weight excluding hydrogens is 150 g/mol. The molecule has 0 spiro atoms. The Hall–Kier alpha value is -1.33. The molecule has 62 valence electrons. The van der Waals surface area contributed by atoms with Crippen LogP contribution in [0.5, 0.6) is 0 Å². The fraction of sp³-hybridized carbons (Fsp3) is 0.300. The van der Waals surface area contributed by atoms with Gasteiger partial charge in [0.2, 0.25) is 0 Å². The zero-order valence-electron chi connectivity index (χ0n) is 7.29. The van der Waals surface area contributed by atoms with Gasteiger partial charge < -0.3 is 4.74 Å². The summed E-state index contributed by atoms with van der Waals surface area (Å²) >= 11 is 0. The zero-order valence-corrected chi connectivity index (χ0v) is 7.29. The van der Waals surface area contributed by atoms with Gasteiger partial charge in [-0.2, -0.15) is 0 Å². The number of hydrogen-bond acceptors (Lipinski definition) is 2. The summed E-state index contributed by atoms with van der Waals surface area (Å²) < 4.78 is 4.79. The van der Waals surface area contributed by atoms with E-state index < -0.39 is 0 Å². The van der Waals surface area contributed by atoms with Crippen LogP contribution in [0.4, 0.5) is 0 Å². The van der Waals surface area contributed by atoms with E-state index in [0.29, 0.717) is 6.61 Å². The standard InChI is InChI=1S/C10H11NO/c1-9-5-6-10(11-8-9)4-3-7-12-2/h5-6,8H,7H2,1-2H3. The van der Waals surface area contributed by atoms with Crippen LogP contribution in [0.1, 0.15) is 11.3 Å². The fourth-order valence-corrected chi connectivity index (χ4v) is 0.741. The molecule has 1 aromatic rings. The summed E-state index contributed by atoms with van der Waals surface area (Å²) in [5, 5.41) is 0. The van der Waals surface area contributed by atoms with Crippen molar-refractivity contribution < 1.29 is 4.74 Å². The molecule has 1 aromatic heterocycles. The number of ether oxygens (including phenoxy) is 1.